The fourth-order valence-corrected chi connectivity index (χ4v) is 2.59. The predicted molar refractivity (Wildman–Crippen MR) is 85.9 cm³/mol. The number of hydrogen-bond acceptors (Lipinski definition) is 3. The number of nitrogens with zero attached hydrogens (tertiary/aromatic N) is 1. The summed E-state index contributed by atoms with van der Waals surface area (Å²) in [5.41, 5.74) is 1.96. The highest BCUT2D eigenvalue weighted by Gasteiger charge is 2.32. The van der Waals surface area contributed by atoms with Crippen molar-refractivity contribution in [1.82, 2.24) is 0 Å². The molecule has 0 fully saturated rings. The van der Waals surface area contributed by atoms with Gasteiger partial charge in [0, 0.05) is 13.0 Å². The zero-order valence-corrected chi connectivity index (χ0v) is 13.9. The van der Waals surface area contributed by atoms with Crippen molar-refractivity contribution < 1.29 is 9.47 Å². The fourth-order valence-electron chi connectivity index (χ4n) is 2.59. The summed E-state index contributed by atoms with van der Waals surface area (Å²) in [7, 11) is 0. The summed E-state index contributed by atoms with van der Waals surface area (Å²) in [4.78, 5) is 0. The van der Waals surface area contributed by atoms with Crippen molar-refractivity contribution in [3.05, 3.63) is 23.3 Å². The molecule has 0 aromatic carbocycles. The average Bonchev–Trinajstić information content (AvgIpc) is 2.48. The van der Waals surface area contributed by atoms with Gasteiger partial charge >= 0.3 is 0 Å². The van der Waals surface area contributed by atoms with Gasteiger partial charge < -0.3 is 9.47 Å². The van der Waals surface area contributed by atoms with E-state index in [9.17, 15) is 5.26 Å². The maximum atomic E-state index is 9.70. The first kappa shape index (κ1) is 17.9. The Balaban J connectivity index is 2.85. The van der Waals surface area contributed by atoms with Crippen LogP contribution in [0, 0.1) is 17.2 Å². The van der Waals surface area contributed by atoms with Crippen molar-refractivity contribution in [1.29, 1.82) is 5.26 Å². The quantitative estimate of drug-likeness (QED) is 0.557. The van der Waals surface area contributed by atoms with Gasteiger partial charge in [0.1, 0.15) is 0 Å². The molecule has 3 heteroatoms. The largest absolute Gasteiger partial charge is 0.379 e. The molecule has 1 aliphatic carbocycles. The maximum Gasteiger partial charge on any atom is 0.158 e. The molecule has 21 heavy (non-hydrogen) atoms. The molecule has 1 rings (SSSR count). The van der Waals surface area contributed by atoms with Gasteiger partial charge in [0.2, 0.25) is 0 Å². The van der Waals surface area contributed by atoms with Crippen LogP contribution in [0.1, 0.15) is 53.4 Å². The Morgan fingerprint density at radius 1 is 1.33 bits per heavy atom. The number of rotatable bonds is 5. The van der Waals surface area contributed by atoms with Gasteiger partial charge in [-0.05, 0) is 46.0 Å². The van der Waals surface area contributed by atoms with E-state index in [4.69, 9.17) is 9.47 Å². The van der Waals surface area contributed by atoms with Crippen molar-refractivity contribution in [2.45, 2.75) is 59.0 Å². The van der Waals surface area contributed by atoms with Crippen LogP contribution in [0.3, 0.4) is 0 Å². The minimum atomic E-state index is -0.732. The van der Waals surface area contributed by atoms with Gasteiger partial charge in [0.05, 0.1) is 19.3 Å². The standard InChI is InChI=1S/C18H29NO2/c1-5-20-11-12-21-18(14-19)10-9-15(2)7-6-8-16(3)17(4)13-18/h8-9,17H,5-7,10-13H2,1-4H3/b15-9+,16-8+. The molecule has 2 atom stereocenters. The summed E-state index contributed by atoms with van der Waals surface area (Å²) in [6, 6.07) is 2.43. The number of ether oxygens (including phenoxy) is 2. The third kappa shape index (κ3) is 6.03. The molecule has 0 saturated heterocycles. The molecule has 0 aliphatic heterocycles. The Bertz CT molecular complexity index is 419. The van der Waals surface area contributed by atoms with Gasteiger partial charge in [-0.25, -0.2) is 0 Å². The molecule has 0 N–H and O–H groups in total. The van der Waals surface area contributed by atoms with Crippen molar-refractivity contribution in [3.8, 4) is 6.07 Å². The lowest BCUT2D eigenvalue weighted by atomic mass is 9.84. The van der Waals surface area contributed by atoms with E-state index in [2.05, 4.69) is 39.0 Å². The molecule has 0 bridgehead atoms. The Morgan fingerprint density at radius 3 is 2.76 bits per heavy atom. The molecule has 0 spiro atoms. The van der Waals surface area contributed by atoms with Gasteiger partial charge in [-0.3, -0.25) is 0 Å². The lowest BCUT2D eigenvalue weighted by Gasteiger charge is -2.30. The van der Waals surface area contributed by atoms with Crippen molar-refractivity contribution in [3.63, 3.8) is 0 Å². The van der Waals surface area contributed by atoms with Crippen LogP contribution in [-0.4, -0.2) is 25.4 Å². The maximum absolute atomic E-state index is 9.70. The van der Waals surface area contributed by atoms with E-state index in [1.165, 1.54) is 11.1 Å². The Kier molecular flexibility index (Phi) is 7.71. The number of allylic oxidation sites excluding steroid dienone is 3. The molecule has 0 heterocycles. The molecule has 0 aromatic heterocycles. The Labute approximate surface area is 129 Å². The topological polar surface area (TPSA) is 42.2 Å². The molecule has 3 nitrogen and oxygen atoms in total. The second kappa shape index (κ2) is 9.02. The lowest BCUT2D eigenvalue weighted by Crippen LogP contribution is -2.34. The summed E-state index contributed by atoms with van der Waals surface area (Å²) in [5, 5.41) is 9.70. The zero-order valence-electron chi connectivity index (χ0n) is 13.9. The predicted octanol–water partition coefficient (Wildman–Crippen LogP) is 4.40. The first-order valence-corrected chi connectivity index (χ1v) is 7.98. The molecule has 2 unspecified atom stereocenters. The van der Waals surface area contributed by atoms with E-state index in [0.717, 1.165) is 19.3 Å². The minimum absolute atomic E-state index is 0.364. The van der Waals surface area contributed by atoms with Crippen LogP contribution in [0.15, 0.2) is 23.3 Å². The molecular formula is C18H29NO2. The number of nitriles is 1. The molecule has 1 aliphatic rings. The van der Waals surface area contributed by atoms with Gasteiger partial charge in [0.15, 0.2) is 5.60 Å². The third-order valence-corrected chi connectivity index (χ3v) is 4.21. The monoisotopic (exact) mass is 291 g/mol. The molecular weight excluding hydrogens is 262 g/mol. The second-order valence-corrected chi connectivity index (χ2v) is 6.00. The van der Waals surface area contributed by atoms with E-state index in [-0.39, 0.29) is 0 Å². The van der Waals surface area contributed by atoms with Gasteiger partial charge in [-0.1, -0.05) is 30.2 Å². The van der Waals surface area contributed by atoms with Crippen LogP contribution < -0.4 is 0 Å². The highest BCUT2D eigenvalue weighted by molar-refractivity contribution is 5.16. The number of hydrogen-bond donors (Lipinski definition) is 0. The Hall–Kier alpha value is -1.11. The van der Waals surface area contributed by atoms with E-state index >= 15 is 0 Å². The summed E-state index contributed by atoms with van der Waals surface area (Å²) in [6.45, 7) is 10.1. The fraction of sp³-hybridized carbons (Fsp3) is 0.722. The second-order valence-electron chi connectivity index (χ2n) is 6.00. The average molecular weight is 291 g/mol. The first-order valence-electron chi connectivity index (χ1n) is 7.98. The van der Waals surface area contributed by atoms with E-state index < -0.39 is 5.60 Å². The summed E-state index contributed by atoms with van der Waals surface area (Å²) < 4.78 is 11.3. The highest BCUT2D eigenvalue weighted by atomic mass is 16.5. The van der Waals surface area contributed by atoms with Crippen LogP contribution in [0.2, 0.25) is 0 Å². The van der Waals surface area contributed by atoms with Crippen LogP contribution >= 0.6 is 0 Å². The normalized spacial score (nSPS) is 32.4. The van der Waals surface area contributed by atoms with Gasteiger partial charge in [-0.2, -0.15) is 5.26 Å². The van der Waals surface area contributed by atoms with Gasteiger partial charge in [-0.15, -0.1) is 0 Å². The van der Waals surface area contributed by atoms with Crippen LogP contribution in [0.25, 0.3) is 0 Å². The van der Waals surface area contributed by atoms with Crippen molar-refractivity contribution in [2.75, 3.05) is 19.8 Å². The minimum Gasteiger partial charge on any atom is -0.379 e. The highest BCUT2D eigenvalue weighted by Crippen LogP contribution is 2.31. The smallest absolute Gasteiger partial charge is 0.158 e. The Morgan fingerprint density at radius 2 is 2.10 bits per heavy atom. The van der Waals surface area contributed by atoms with Crippen molar-refractivity contribution >= 4 is 0 Å². The third-order valence-electron chi connectivity index (χ3n) is 4.21. The summed E-state index contributed by atoms with van der Waals surface area (Å²) >= 11 is 0. The molecule has 0 amide bonds. The summed E-state index contributed by atoms with van der Waals surface area (Å²) in [5.74, 6) is 0.364. The van der Waals surface area contributed by atoms with Crippen LogP contribution in [-0.2, 0) is 9.47 Å². The van der Waals surface area contributed by atoms with E-state index in [1.807, 2.05) is 6.92 Å². The first-order chi connectivity index (χ1) is 10.0. The van der Waals surface area contributed by atoms with Crippen LogP contribution in [0.5, 0.6) is 0 Å². The van der Waals surface area contributed by atoms with Gasteiger partial charge in [0.25, 0.3) is 0 Å². The van der Waals surface area contributed by atoms with E-state index in [0.29, 0.717) is 32.2 Å². The SMILES string of the molecule is CCOCCOC1(C#N)C/C=C(\C)CC/C=C(\C)C(C)C1. The van der Waals surface area contributed by atoms with Crippen LogP contribution in [0.4, 0.5) is 0 Å². The zero-order chi connectivity index (χ0) is 15.7. The molecule has 0 radical (unpaired) electrons. The van der Waals surface area contributed by atoms with E-state index in [1.54, 1.807) is 0 Å². The summed E-state index contributed by atoms with van der Waals surface area (Å²) in [6.07, 6.45) is 8.02. The molecule has 118 valence electrons. The molecule has 0 aromatic rings. The lowest BCUT2D eigenvalue weighted by molar-refractivity contribution is -0.0404. The molecule has 0 saturated carbocycles. The van der Waals surface area contributed by atoms with Crippen molar-refractivity contribution in [2.24, 2.45) is 5.92 Å².